The van der Waals surface area contributed by atoms with Crippen LogP contribution in [0.1, 0.15) is 60.3 Å². The van der Waals surface area contributed by atoms with E-state index in [4.69, 9.17) is 9.84 Å². The maximum absolute atomic E-state index is 12.3. The first-order valence-corrected chi connectivity index (χ1v) is 10.3. The van der Waals surface area contributed by atoms with Crippen LogP contribution in [-0.2, 0) is 19.1 Å². The number of amides is 3. The Morgan fingerprint density at radius 3 is 2.07 bits per heavy atom. The second kappa shape index (κ2) is 11.1. The molecule has 0 aromatic heterocycles. The zero-order chi connectivity index (χ0) is 23.1. The van der Waals surface area contributed by atoms with Gasteiger partial charge in [-0.25, -0.2) is 9.59 Å². The van der Waals surface area contributed by atoms with Crippen LogP contribution >= 0.6 is 0 Å². The second-order valence-electron chi connectivity index (χ2n) is 8.90. The number of aliphatic carboxylic acids is 1. The van der Waals surface area contributed by atoms with Crippen molar-refractivity contribution in [2.75, 3.05) is 6.54 Å². The molecule has 0 aromatic carbocycles. The van der Waals surface area contributed by atoms with E-state index in [9.17, 15) is 24.3 Å². The molecule has 1 saturated carbocycles. The number of rotatable bonds is 8. The maximum Gasteiger partial charge on any atom is 0.408 e. The normalized spacial score (nSPS) is 22.2. The number of nitrogens with one attached hydrogen (secondary N) is 3. The highest BCUT2D eigenvalue weighted by molar-refractivity contribution is 5.86. The first kappa shape index (κ1) is 25.7. The summed E-state index contributed by atoms with van der Waals surface area (Å²) in [6.45, 7) is 8.53. The van der Waals surface area contributed by atoms with E-state index >= 15 is 0 Å². The zero-order valence-electron chi connectivity index (χ0n) is 18.4. The van der Waals surface area contributed by atoms with Crippen molar-refractivity contribution in [2.24, 2.45) is 11.8 Å². The highest BCUT2D eigenvalue weighted by Crippen LogP contribution is 2.28. The van der Waals surface area contributed by atoms with E-state index in [1.807, 2.05) is 0 Å². The topological polar surface area (TPSA) is 154 Å². The zero-order valence-corrected chi connectivity index (χ0v) is 18.4. The highest BCUT2D eigenvalue weighted by atomic mass is 16.6. The fourth-order valence-corrected chi connectivity index (χ4v) is 3.24. The van der Waals surface area contributed by atoms with E-state index in [-0.39, 0.29) is 23.7 Å². The van der Waals surface area contributed by atoms with E-state index in [0.717, 1.165) is 0 Å². The van der Waals surface area contributed by atoms with Crippen molar-refractivity contribution in [3.63, 3.8) is 0 Å². The molecule has 10 heteroatoms. The Balaban J connectivity index is 2.37. The average molecular weight is 430 g/mol. The summed E-state index contributed by atoms with van der Waals surface area (Å²) in [6.07, 6.45) is 0.717. The predicted octanol–water partition coefficient (Wildman–Crippen LogP) is 0.772. The number of carboxylic acids is 1. The van der Waals surface area contributed by atoms with Crippen LogP contribution < -0.4 is 16.0 Å². The number of aliphatic hydroxyl groups excluding tert-OH is 1. The molecule has 0 bridgehead atoms. The Morgan fingerprint density at radius 2 is 1.60 bits per heavy atom. The van der Waals surface area contributed by atoms with Gasteiger partial charge in [-0.1, -0.05) is 0 Å². The molecular formula is C20H35N3O7. The summed E-state index contributed by atoms with van der Waals surface area (Å²) < 4.78 is 5.12. The van der Waals surface area contributed by atoms with Gasteiger partial charge in [-0.05, 0) is 66.2 Å². The van der Waals surface area contributed by atoms with Crippen LogP contribution in [0.15, 0.2) is 0 Å². The van der Waals surface area contributed by atoms with E-state index in [1.165, 1.54) is 6.92 Å². The van der Waals surface area contributed by atoms with Crippen LogP contribution in [-0.4, -0.2) is 64.4 Å². The smallest absolute Gasteiger partial charge is 0.408 e. The first-order valence-electron chi connectivity index (χ1n) is 10.3. The van der Waals surface area contributed by atoms with Crippen LogP contribution in [0.2, 0.25) is 0 Å². The highest BCUT2D eigenvalue weighted by Gasteiger charge is 2.31. The van der Waals surface area contributed by atoms with Crippen molar-refractivity contribution in [3.05, 3.63) is 0 Å². The first-order chi connectivity index (χ1) is 13.8. The summed E-state index contributed by atoms with van der Waals surface area (Å²) in [5.41, 5.74) is -0.648. The van der Waals surface area contributed by atoms with Crippen LogP contribution in [0, 0.1) is 11.8 Å². The third-order valence-corrected chi connectivity index (χ3v) is 4.96. The van der Waals surface area contributed by atoms with E-state index < -0.39 is 35.9 Å². The van der Waals surface area contributed by atoms with Gasteiger partial charge in [0.05, 0.1) is 6.10 Å². The van der Waals surface area contributed by atoms with Gasteiger partial charge in [-0.2, -0.15) is 0 Å². The van der Waals surface area contributed by atoms with Crippen molar-refractivity contribution < 1.29 is 34.1 Å². The SMILES string of the molecule is C[C@@H](NC(=O)OC(C)(C)C)C(=O)NCC1CCC(C(=O)N[C@@H](C(=O)O)[C@@H](C)O)CC1. The molecule has 0 aliphatic heterocycles. The molecule has 172 valence electrons. The quantitative estimate of drug-likeness (QED) is 0.382. The van der Waals surface area contributed by atoms with Gasteiger partial charge in [-0.15, -0.1) is 0 Å². The van der Waals surface area contributed by atoms with Gasteiger partial charge in [0, 0.05) is 12.5 Å². The molecule has 3 atom stereocenters. The lowest BCUT2D eigenvalue weighted by molar-refractivity contribution is -0.145. The van der Waals surface area contributed by atoms with Crippen molar-refractivity contribution in [1.29, 1.82) is 0 Å². The van der Waals surface area contributed by atoms with E-state index in [1.54, 1.807) is 27.7 Å². The molecule has 1 aliphatic carbocycles. The lowest BCUT2D eigenvalue weighted by Gasteiger charge is -2.29. The van der Waals surface area contributed by atoms with E-state index in [2.05, 4.69) is 16.0 Å². The number of alkyl carbamates (subject to hydrolysis) is 1. The number of carbonyl (C=O) groups excluding carboxylic acids is 3. The van der Waals surface area contributed by atoms with Gasteiger partial charge in [-0.3, -0.25) is 9.59 Å². The average Bonchev–Trinajstić information content (AvgIpc) is 2.62. The Labute approximate surface area is 177 Å². The van der Waals surface area contributed by atoms with Gasteiger partial charge in [0.25, 0.3) is 0 Å². The number of carboxylic acid groups (broad SMARTS) is 1. The molecule has 1 rings (SSSR count). The molecule has 3 amide bonds. The molecule has 1 aliphatic rings. The molecular weight excluding hydrogens is 394 g/mol. The van der Waals surface area contributed by atoms with Gasteiger partial charge >= 0.3 is 12.1 Å². The molecule has 0 aromatic rings. The molecule has 30 heavy (non-hydrogen) atoms. The van der Waals surface area contributed by atoms with Crippen LogP contribution in [0.25, 0.3) is 0 Å². The largest absolute Gasteiger partial charge is 0.480 e. The van der Waals surface area contributed by atoms with Gasteiger partial charge < -0.3 is 30.9 Å². The molecule has 1 fully saturated rings. The molecule has 0 saturated heterocycles. The van der Waals surface area contributed by atoms with Crippen molar-refractivity contribution in [2.45, 2.75) is 84.1 Å². The lowest BCUT2D eigenvalue weighted by Crippen LogP contribution is -2.50. The standard InChI is InChI=1S/C20H35N3O7/c1-11(22-19(29)30-20(3,4)5)16(25)21-10-13-6-8-14(9-7-13)17(26)23-15(12(2)24)18(27)28/h11-15,24H,6-10H2,1-5H3,(H,21,25)(H,22,29)(H,23,26)(H,27,28)/t11-,12-,13?,14?,15-/m1/s1. The van der Waals surface area contributed by atoms with Gasteiger partial charge in [0.15, 0.2) is 6.04 Å². The number of carbonyl (C=O) groups is 4. The monoisotopic (exact) mass is 429 g/mol. The second-order valence-corrected chi connectivity index (χ2v) is 8.90. The molecule has 0 unspecified atom stereocenters. The summed E-state index contributed by atoms with van der Waals surface area (Å²) in [4.78, 5) is 47.3. The minimum Gasteiger partial charge on any atom is -0.480 e. The Kier molecular flexibility index (Phi) is 9.54. The van der Waals surface area contributed by atoms with E-state index in [0.29, 0.717) is 32.2 Å². The summed E-state index contributed by atoms with van der Waals surface area (Å²) in [5, 5.41) is 26.2. The third-order valence-electron chi connectivity index (χ3n) is 4.96. The van der Waals surface area contributed by atoms with Crippen LogP contribution in [0.4, 0.5) is 4.79 Å². The molecule has 0 radical (unpaired) electrons. The molecule has 0 spiro atoms. The number of hydrogen-bond acceptors (Lipinski definition) is 6. The number of hydrogen-bond donors (Lipinski definition) is 5. The van der Waals surface area contributed by atoms with Gasteiger partial charge in [0.1, 0.15) is 11.6 Å². The Hall–Kier alpha value is -2.36. The van der Waals surface area contributed by atoms with Crippen molar-refractivity contribution in [3.8, 4) is 0 Å². The molecule has 10 nitrogen and oxygen atoms in total. The van der Waals surface area contributed by atoms with Crippen molar-refractivity contribution >= 4 is 23.9 Å². The third kappa shape index (κ3) is 8.98. The van der Waals surface area contributed by atoms with Crippen LogP contribution in [0.5, 0.6) is 0 Å². The summed E-state index contributed by atoms with van der Waals surface area (Å²) in [7, 11) is 0. The van der Waals surface area contributed by atoms with Crippen LogP contribution in [0.3, 0.4) is 0 Å². The van der Waals surface area contributed by atoms with Crippen molar-refractivity contribution in [1.82, 2.24) is 16.0 Å². The lowest BCUT2D eigenvalue weighted by atomic mass is 9.81. The Morgan fingerprint density at radius 1 is 1.03 bits per heavy atom. The molecule has 5 N–H and O–H groups in total. The fourth-order valence-electron chi connectivity index (χ4n) is 3.24. The summed E-state index contributed by atoms with van der Waals surface area (Å²) in [5.74, 6) is -2.09. The summed E-state index contributed by atoms with van der Waals surface area (Å²) >= 11 is 0. The minimum atomic E-state index is -1.33. The fraction of sp³-hybridized carbons (Fsp3) is 0.800. The Bertz CT molecular complexity index is 622. The summed E-state index contributed by atoms with van der Waals surface area (Å²) in [6, 6.07) is -2.07. The molecule has 0 heterocycles. The minimum absolute atomic E-state index is 0.193. The number of ether oxygens (including phenoxy) is 1. The van der Waals surface area contributed by atoms with Gasteiger partial charge in [0.2, 0.25) is 11.8 Å². The number of aliphatic hydroxyl groups is 1. The maximum atomic E-state index is 12.3. The predicted molar refractivity (Wildman–Crippen MR) is 109 cm³/mol.